The van der Waals surface area contributed by atoms with Gasteiger partial charge in [-0.15, -0.1) is 0 Å². The Morgan fingerprint density at radius 1 is 1.28 bits per heavy atom. The minimum absolute atomic E-state index is 0.162. The lowest BCUT2D eigenvalue weighted by atomic mass is 9.66. The van der Waals surface area contributed by atoms with Crippen molar-refractivity contribution in [3.8, 4) is 0 Å². The second-order valence-electron chi connectivity index (χ2n) is 6.85. The smallest absolute Gasteiger partial charge is 0.212 e. The van der Waals surface area contributed by atoms with Gasteiger partial charge in [0.1, 0.15) is 5.01 Å². The monoisotopic (exact) mass is 263 g/mol. The van der Waals surface area contributed by atoms with Gasteiger partial charge in [0.2, 0.25) is 4.96 Å². The molecule has 2 heterocycles. The Morgan fingerprint density at radius 2 is 2.00 bits per heavy atom. The zero-order valence-electron chi connectivity index (χ0n) is 11.9. The molecule has 3 nitrogen and oxygen atoms in total. The van der Waals surface area contributed by atoms with Crippen LogP contribution in [-0.4, -0.2) is 14.6 Å². The molecule has 0 unspecified atom stereocenters. The van der Waals surface area contributed by atoms with Gasteiger partial charge < -0.3 is 0 Å². The molecule has 2 aromatic heterocycles. The summed E-state index contributed by atoms with van der Waals surface area (Å²) in [6.45, 7) is 11.5. The summed E-state index contributed by atoms with van der Waals surface area (Å²) in [7, 11) is 0. The van der Waals surface area contributed by atoms with Crippen molar-refractivity contribution >= 4 is 16.3 Å². The van der Waals surface area contributed by atoms with Gasteiger partial charge in [-0.2, -0.15) is 5.10 Å². The Kier molecular flexibility index (Phi) is 2.40. The van der Waals surface area contributed by atoms with Crippen molar-refractivity contribution in [1.82, 2.24) is 14.6 Å². The number of hydrogen-bond acceptors (Lipinski definition) is 3. The molecule has 0 bridgehead atoms. The van der Waals surface area contributed by atoms with Crippen LogP contribution < -0.4 is 0 Å². The number of rotatable bonds is 1. The molecule has 1 aliphatic rings. The van der Waals surface area contributed by atoms with Crippen LogP contribution in [0.25, 0.3) is 4.96 Å². The standard InChI is InChI=1S/C14H21N3S/c1-6-10-16-17-11-9(15-12(17)18-10)7-13(2,3)8-14(11,4)5/h6-8H2,1-5H3. The molecule has 0 radical (unpaired) electrons. The molecule has 0 aliphatic heterocycles. The Bertz CT molecular complexity index is 604. The normalized spacial score (nSPS) is 21.2. The fourth-order valence-corrected chi connectivity index (χ4v) is 4.42. The van der Waals surface area contributed by atoms with E-state index in [4.69, 9.17) is 10.1 Å². The van der Waals surface area contributed by atoms with Crippen LogP contribution in [0.1, 0.15) is 57.4 Å². The molecule has 0 amide bonds. The molecule has 2 aromatic rings. The quantitative estimate of drug-likeness (QED) is 0.787. The third-order valence-corrected chi connectivity index (χ3v) is 4.88. The molecule has 0 atom stereocenters. The van der Waals surface area contributed by atoms with Crippen LogP contribution in [0.2, 0.25) is 0 Å². The van der Waals surface area contributed by atoms with Gasteiger partial charge in [0.25, 0.3) is 0 Å². The maximum Gasteiger partial charge on any atom is 0.212 e. The van der Waals surface area contributed by atoms with Crippen LogP contribution in [0, 0.1) is 5.41 Å². The summed E-state index contributed by atoms with van der Waals surface area (Å²) < 4.78 is 2.11. The van der Waals surface area contributed by atoms with Gasteiger partial charge in [0.05, 0.1) is 11.4 Å². The highest BCUT2D eigenvalue weighted by Gasteiger charge is 2.41. The van der Waals surface area contributed by atoms with Gasteiger partial charge in [-0.3, -0.25) is 0 Å². The first-order valence-electron chi connectivity index (χ1n) is 6.70. The van der Waals surface area contributed by atoms with Crippen molar-refractivity contribution in [3.05, 3.63) is 16.4 Å². The van der Waals surface area contributed by atoms with E-state index in [2.05, 4.69) is 39.1 Å². The molecule has 0 spiro atoms. The summed E-state index contributed by atoms with van der Waals surface area (Å²) in [6, 6.07) is 0. The first kappa shape index (κ1) is 12.2. The Hall–Kier alpha value is -0.900. The summed E-state index contributed by atoms with van der Waals surface area (Å²) in [5, 5.41) is 5.90. The van der Waals surface area contributed by atoms with E-state index in [1.54, 1.807) is 11.3 Å². The molecule has 0 N–H and O–H groups in total. The van der Waals surface area contributed by atoms with Gasteiger partial charge in [-0.1, -0.05) is 46.0 Å². The minimum atomic E-state index is 0.162. The second kappa shape index (κ2) is 3.56. The first-order valence-corrected chi connectivity index (χ1v) is 7.52. The zero-order valence-corrected chi connectivity index (χ0v) is 12.7. The van der Waals surface area contributed by atoms with E-state index in [-0.39, 0.29) is 5.41 Å². The zero-order chi connectivity index (χ0) is 13.1. The number of imidazole rings is 1. The lowest BCUT2D eigenvalue weighted by molar-refractivity contribution is 0.223. The Labute approximate surface area is 112 Å². The average molecular weight is 263 g/mol. The minimum Gasteiger partial charge on any atom is -0.222 e. The van der Waals surface area contributed by atoms with Gasteiger partial charge >= 0.3 is 0 Å². The van der Waals surface area contributed by atoms with Crippen LogP contribution in [-0.2, 0) is 18.3 Å². The molecule has 0 saturated heterocycles. The molecule has 0 fully saturated rings. The number of aromatic nitrogens is 3. The molecular formula is C14H21N3S. The summed E-state index contributed by atoms with van der Waals surface area (Å²) in [5.41, 5.74) is 3.11. The maximum absolute atomic E-state index is 4.83. The lowest BCUT2D eigenvalue weighted by Gasteiger charge is -2.39. The molecule has 98 valence electrons. The predicted octanol–water partition coefficient (Wildman–Crippen LogP) is 3.60. The van der Waals surface area contributed by atoms with E-state index < -0.39 is 0 Å². The number of fused-ring (bicyclic) bond motifs is 3. The van der Waals surface area contributed by atoms with E-state index >= 15 is 0 Å². The van der Waals surface area contributed by atoms with Crippen molar-refractivity contribution in [1.29, 1.82) is 0 Å². The molecule has 3 rings (SSSR count). The fourth-order valence-electron chi connectivity index (χ4n) is 3.57. The highest BCUT2D eigenvalue weighted by Crippen LogP contribution is 2.45. The Balaban J connectivity index is 2.24. The van der Waals surface area contributed by atoms with E-state index in [9.17, 15) is 0 Å². The lowest BCUT2D eigenvalue weighted by Crippen LogP contribution is -2.35. The van der Waals surface area contributed by atoms with Crippen LogP contribution in [0.4, 0.5) is 0 Å². The summed E-state index contributed by atoms with van der Waals surface area (Å²) in [4.78, 5) is 5.90. The van der Waals surface area contributed by atoms with Crippen molar-refractivity contribution in [2.24, 2.45) is 5.41 Å². The van der Waals surface area contributed by atoms with E-state index in [0.717, 1.165) is 17.8 Å². The largest absolute Gasteiger partial charge is 0.222 e. The van der Waals surface area contributed by atoms with Crippen LogP contribution in [0.5, 0.6) is 0 Å². The van der Waals surface area contributed by atoms with Crippen molar-refractivity contribution in [2.45, 2.75) is 59.3 Å². The van der Waals surface area contributed by atoms with E-state index in [1.165, 1.54) is 22.8 Å². The Morgan fingerprint density at radius 3 is 2.67 bits per heavy atom. The highest BCUT2D eigenvalue weighted by molar-refractivity contribution is 7.16. The topological polar surface area (TPSA) is 30.2 Å². The van der Waals surface area contributed by atoms with E-state index in [1.807, 2.05) is 0 Å². The van der Waals surface area contributed by atoms with Gasteiger partial charge in [0, 0.05) is 5.41 Å². The predicted molar refractivity (Wildman–Crippen MR) is 75.4 cm³/mol. The summed E-state index contributed by atoms with van der Waals surface area (Å²) >= 11 is 1.73. The first-order chi connectivity index (χ1) is 8.32. The fraction of sp³-hybridized carbons (Fsp3) is 0.714. The number of hydrogen-bond donors (Lipinski definition) is 0. The second-order valence-corrected chi connectivity index (χ2v) is 7.89. The third-order valence-electron chi connectivity index (χ3n) is 3.83. The van der Waals surface area contributed by atoms with Gasteiger partial charge in [-0.25, -0.2) is 9.50 Å². The molecule has 0 saturated carbocycles. The van der Waals surface area contributed by atoms with E-state index in [0.29, 0.717) is 5.41 Å². The maximum atomic E-state index is 4.83. The molecule has 0 aromatic carbocycles. The van der Waals surface area contributed by atoms with Crippen LogP contribution in [0.3, 0.4) is 0 Å². The van der Waals surface area contributed by atoms with Gasteiger partial charge in [-0.05, 0) is 24.7 Å². The summed E-state index contributed by atoms with van der Waals surface area (Å²) in [6.07, 6.45) is 3.26. The molecule has 1 aliphatic carbocycles. The van der Waals surface area contributed by atoms with Crippen molar-refractivity contribution < 1.29 is 0 Å². The van der Waals surface area contributed by atoms with Crippen molar-refractivity contribution in [2.75, 3.05) is 0 Å². The van der Waals surface area contributed by atoms with Crippen LogP contribution in [0.15, 0.2) is 0 Å². The third kappa shape index (κ3) is 1.69. The number of aryl methyl sites for hydroxylation is 1. The average Bonchev–Trinajstić information content (AvgIpc) is 2.69. The van der Waals surface area contributed by atoms with Crippen LogP contribution >= 0.6 is 11.3 Å². The van der Waals surface area contributed by atoms with Crippen molar-refractivity contribution in [3.63, 3.8) is 0 Å². The summed E-state index contributed by atoms with van der Waals surface area (Å²) in [5.74, 6) is 0. The molecular weight excluding hydrogens is 242 g/mol. The molecule has 18 heavy (non-hydrogen) atoms. The highest BCUT2D eigenvalue weighted by atomic mass is 32.1. The number of nitrogens with zero attached hydrogens (tertiary/aromatic N) is 3. The van der Waals surface area contributed by atoms with Gasteiger partial charge in [0.15, 0.2) is 0 Å². The molecule has 4 heteroatoms. The SMILES string of the molecule is CCc1nn2c3c(nc2s1)CC(C)(C)CC3(C)C.